The first kappa shape index (κ1) is 14.6. The number of anilines is 1. The van der Waals surface area contributed by atoms with Gasteiger partial charge in [0.05, 0.1) is 0 Å². The molecular formula is C16H23N3O. The fourth-order valence-electron chi connectivity index (χ4n) is 2.45. The zero-order valence-electron chi connectivity index (χ0n) is 12.0. The van der Waals surface area contributed by atoms with Crippen LogP contribution in [0, 0.1) is 0 Å². The highest BCUT2D eigenvalue weighted by molar-refractivity contribution is 5.91. The fraction of sp³-hybridized carbons (Fsp3) is 0.438. The second kappa shape index (κ2) is 7.10. The normalized spacial score (nSPS) is 17.4. The molecule has 1 fully saturated rings. The minimum atomic E-state index is -0.0570. The molecule has 0 radical (unpaired) electrons. The van der Waals surface area contributed by atoms with Crippen LogP contribution < -0.4 is 11.1 Å². The standard InChI is InChI=1S/C16H23N3O/c1-13(19-9-2-3-10-19)12-18-16(20)8-7-14-5-4-6-15(17)11-14/h4-8,11,13H,2-3,9-10,12,17H2,1H3,(H,18,20)/b8-7+. The van der Waals surface area contributed by atoms with Gasteiger partial charge >= 0.3 is 0 Å². The number of likely N-dealkylation sites (tertiary alicyclic amines) is 1. The molecule has 0 aliphatic carbocycles. The van der Waals surface area contributed by atoms with Gasteiger partial charge in [0.25, 0.3) is 0 Å². The zero-order chi connectivity index (χ0) is 14.4. The molecule has 1 saturated heterocycles. The molecule has 0 aromatic heterocycles. The third-order valence-electron chi connectivity index (χ3n) is 3.67. The molecule has 1 amide bonds. The largest absolute Gasteiger partial charge is 0.399 e. The number of nitrogens with zero attached hydrogens (tertiary/aromatic N) is 1. The summed E-state index contributed by atoms with van der Waals surface area (Å²) in [7, 11) is 0. The lowest BCUT2D eigenvalue weighted by Crippen LogP contribution is -2.40. The molecule has 1 aliphatic rings. The first-order chi connectivity index (χ1) is 9.65. The van der Waals surface area contributed by atoms with Crippen LogP contribution in [0.25, 0.3) is 6.08 Å². The molecule has 4 nitrogen and oxygen atoms in total. The van der Waals surface area contributed by atoms with Crippen molar-refractivity contribution in [1.29, 1.82) is 0 Å². The van der Waals surface area contributed by atoms with Crippen LogP contribution in [0.4, 0.5) is 5.69 Å². The zero-order valence-corrected chi connectivity index (χ0v) is 12.0. The van der Waals surface area contributed by atoms with E-state index >= 15 is 0 Å². The molecule has 3 N–H and O–H groups in total. The minimum Gasteiger partial charge on any atom is -0.399 e. The maximum Gasteiger partial charge on any atom is 0.244 e. The van der Waals surface area contributed by atoms with Crippen molar-refractivity contribution >= 4 is 17.7 Å². The summed E-state index contributed by atoms with van der Waals surface area (Å²) < 4.78 is 0. The van der Waals surface area contributed by atoms with Gasteiger partial charge in [-0.15, -0.1) is 0 Å². The Labute approximate surface area is 120 Å². The first-order valence-corrected chi connectivity index (χ1v) is 7.20. The van der Waals surface area contributed by atoms with Gasteiger partial charge in [0.15, 0.2) is 0 Å². The lowest BCUT2D eigenvalue weighted by Gasteiger charge is -2.23. The number of nitrogen functional groups attached to an aromatic ring is 1. The van der Waals surface area contributed by atoms with E-state index in [0.717, 1.165) is 18.7 Å². The van der Waals surface area contributed by atoms with Gasteiger partial charge in [-0.25, -0.2) is 0 Å². The van der Waals surface area contributed by atoms with E-state index in [1.165, 1.54) is 12.8 Å². The minimum absolute atomic E-state index is 0.0570. The molecule has 0 bridgehead atoms. The average Bonchev–Trinajstić information content (AvgIpc) is 2.97. The van der Waals surface area contributed by atoms with Gasteiger partial charge in [-0.3, -0.25) is 9.69 Å². The summed E-state index contributed by atoms with van der Waals surface area (Å²) in [6.07, 6.45) is 5.89. The lowest BCUT2D eigenvalue weighted by atomic mass is 10.2. The number of nitrogens with two attached hydrogens (primary N) is 1. The summed E-state index contributed by atoms with van der Waals surface area (Å²) in [4.78, 5) is 14.2. The molecule has 1 aromatic rings. The lowest BCUT2D eigenvalue weighted by molar-refractivity contribution is -0.116. The Kier molecular flexibility index (Phi) is 5.18. The number of hydrogen-bond acceptors (Lipinski definition) is 3. The highest BCUT2D eigenvalue weighted by Gasteiger charge is 2.17. The van der Waals surface area contributed by atoms with Crippen molar-refractivity contribution in [2.75, 3.05) is 25.4 Å². The molecule has 0 saturated carbocycles. The summed E-state index contributed by atoms with van der Waals surface area (Å²) in [5, 5.41) is 2.95. The van der Waals surface area contributed by atoms with E-state index < -0.39 is 0 Å². The Morgan fingerprint density at radius 2 is 2.20 bits per heavy atom. The molecule has 1 aliphatic heterocycles. The number of benzene rings is 1. The number of rotatable bonds is 5. The highest BCUT2D eigenvalue weighted by atomic mass is 16.1. The van der Waals surface area contributed by atoms with Crippen molar-refractivity contribution in [3.8, 4) is 0 Å². The molecule has 1 aromatic carbocycles. The molecular weight excluding hydrogens is 250 g/mol. The van der Waals surface area contributed by atoms with E-state index in [0.29, 0.717) is 18.3 Å². The average molecular weight is 273 g/mol. The van der Waals surface area contributed by atoms with Crippen molar-refractivity contribution in [1.82, 2.24) is 10.2 Å². The molecule has 1 unspecified atom stereocenters. The van der Waals surface area contributed by atoms with E-state index in [2.05, 4.69) is 17.1 Å². The van der Waals surface area contributed by atoms with Crippen molar-refractivity contribution in [3.63, 3.8) is 0 Å². The number of carbonyl (C=O) groups is 1. The monoisotopic (exact) mass is 273 g/mol. The van der Waals surface area contributed by atoms with E-state index in [9.17, 15) is 4.79 Å². The van der Waals surface area contributed by atoms with Crippen LogP contribution in [0.2, 0.25) is 0 Å². The Hall–Kier alpha value is -1.81. The molecule has 2 rings (SSSR count). The van der Waals surface area contributed by atoms with Gasteiger partial charge in [-0.2, -0.15) is 0 Å². The van der Waals surface area contributed by atoms with Crippen LogP contribution in [0.3, 0.4) is 0 Å². The SMILES string of the molecule is CC(CNC(=O)/C=C/c1cccc(N)c1)N1CCCC1. The van der Waals surface area contributed by atoms with Crippen molar-refractivity contribution in [3.05, 3.63) is 35.9 Å². The van der Waals surface area contributed by atoms with Crippen molar-refractivity contribution in [2.45, 2.75) is 25.8 Å². The van der Waals surface area contributed by atoms with Gasteiger partial charge in [0.1, 0.15) is 0 Å². The van der Waals surface area contributed by atoms with Gasteiger partial charge in [-0.05, 0) is 56.6 Å². The van der Waals surface area contributed by atoms with Crippen LogP contribution in [0.15, 0.2) is 30.3 Å². The smallest absolute Gasteiger partial charge is 0.244 e. The summed E-state index contributed by atoms with van der Waals surface area (Å²) >= 11 is 0. The first-order valence-electron chi connectivity index (χ1n) is 7.20. The molecule has 108 valence electrons. The Bertz CT molecular complexity index is 478. The maximum atomic E-state index is 11.8. The Morgan fingerprint density at radius 3 is 2.90 bits per heavy atom. The van der Waals surface area contributed by atoms with E-state index in [4.69, 9.17) is 5.73 Å². The van der Waals surface area contributed by atoms with Gasteiger partial charge in [0, 0.05) is 24.4 Å². The van der Waals surface area contributed by atoms with Crippen LogP contribution in [0.5, 0.6) is 0 Å². The van der Waals surface area contributed by atoms with Gasteiger partial charge < -0.3 is 11.1 Å². The fourth-order valence-corrected chi connectivity index (χ4v) is 2.45. The van der Waals surface area contributed by atoms with Gasteiger partial charge in [0.2, 0.25) is 5.91 Å². The van der Waals surface area contributed by atoms with E-state index in [1.807, 2.05) is 24.3 Å². The van der Waals surface area contributed by atoms with Crippen LogP contribution in [-0.2, 0) is 4.79 Å². The topological polar surface area (TPSA) is 58.4 Å². The van der Waals surface area contributed by atoms with E-state index in [-0.39, 0.29) is 5.91 Å². The van der Waals surface area contributed by atoms with Crippen molar-refractivity contribution in [2.24, 2.45) is 0 Å². The second-order valence-electron chi connectivity index (χ2n) is 5.34. The third-order valence-corrected chi connectivity index (χ3v) is 3.67. The van der Waals surface area contributed by atoms with E-state index in [1.54, 1.807) is 12.2 Å². The second-order valence-corrected chi connectivity index (χ2v) is 5.34. The van der Waals surface area contributed by atoms with Crippen LogP contribution >= 0.6 is 0 Å². The molecule has 0 spiro atoms. The summed E-state index contributed by atoms with van der Waals surface area (Å²) in [5.74, 6) is -0.0570. The predicted octanol–water partition coefficient (Wildman–Crippen LogP) is 1.88. The predicted molar refractivity (Wildman–Crippen MR) is 83.2 cm³/mol. The summed E-state index contributed by atoms with van der Waals surface area (Å²) in [5.41, 5.74) is 7.33. The molecule has 1 atom stereocenters. The number of nitrogens with one attached hydrogen (secondary N) is 1. The Morgan fingerprint density at radius 1 is 1.45 bits per heavy atom. The summed E-state index contributed by atoms with van der Waals surface area (Å²) in [6, 6.07) is 7.88. The Balaban J connectivity index is 1.77. The van der Waals surface area contributed by atoms with Gasteiger partial charge in [-0.1, -0.05) is 12.1 Å². The summed E-state index contributed by atoms with van der Waals surface area (Å²) in [6.45, 7) is 5.15. The molecule has 4 heteroatoms. The van der Waals surface area contributed by atoms with Crippen LogP contribution in [-0.4, -0.2) is 36.5 Å². The third kappa shape index (κ3) is 4.38. The highest BCUT2D eigenvalue weighted by Crippen LogP contribution is 2.11. The molecule has 1 heterocycles. The number of amides is 1. The maximum absolute atomic E-state index is 11.8. The quantitative estimate of drug-likeness (QED) is 0.636. The molecule has 20 heavy (non-hydrogen) atoms. The number of carbonyl (C=O) groups excluding carboxylic acids is 1. The number of hydrogen-bond donors (Lipinski definition) is 2. The van der Waals surface area contributed by atoms with Crippen molar-refractivity contribution < 1.29 is 4.79 Å². The van der Waals surface area contributed by atoms with Crippen LogP contribution in [0.1, 0.15) is 25.3 Å².